The molecule has 1 aliphatic heterocycles. The number of aromatic nitrogens is 1. The van der Waals surface area contributed by atoms with E-state index < -0.39 is 0 Å². The highest BCUT2D eigenvalue weighted by atomic mass is 127. The molecule has 4 heteroatoms. The van der Waals surface area contributed by atoms with Crippen LogP contribution in [0.15, 0.2) is 12.3 Å². The van der Waals surface area contributed by atoms with Crippen LogP contribution in [0.25, 0.3) is 0 Å². The van der Waals surface area contributed by atoms with Crippen molar-refractivity contribution in [3.8, 4) is 11.6 Å². The zero-order valence-corrected chi connectivity index (χ0v) is 7.16. The van der Waals surface area contributed by atoms with Crippen LogP contribution >= 0.6 is 22.6 Å². The van der Waals surface area contributed by atoms with Crippen LogP contribution in [0.5, 0.6) is 11.6 Å². The molecular formula is C6H4INO2. The second kappa shape index (κ2) is 2.26. The van der Waals surface area contributed by atoms with Gasteiger partial charge in [-0.15, -0.1) is 0 Å². The van der Waals surface area contributed by atoms with E-state index in [0.29, 0.717) is 12.7 Å². The highest BCUT2D eigenvalue weighted by Gasteiger charge is 2.13. The van der Waals surface area contributed by atoms with Gasteiger partial charge in [-0.3, -0.25) is 0 Å². The topological polar surface area (TPSA) is 31.4 Å². The number of nitrogens with zero attached hydrogens (tertiary/aromatic N) is 1. The Hall–Kier alpha value is -0.520. The molecule has 1 aromatic heterocycles. The van der Waals surface area contributed by atoms with Crippen molar-refractivity contribution in [2.24, 2.45) is 0 Å². The summed E-state index contributed by atoms with van der Waals surface area (Å²) < 4.78 is 11.2. The molecule has 3 nitrogen and oxygen atoms in total. The SMILES string of the molecule is Ic1cnc2c(c1)OCO2. The van der Waals surface area contributed by atoms with E-state index in [1.54, 1.807) is 6.20 Å². The lowest BCUT2D eigenvalue weighted by Crippen LogP contribution is -1.93. The van der Waals surface area contributed by atoms with E-state index in [0.717, 1.165) is 9.32 Å². The van der Waals surface area contributed by atoms with Crippen LogP contribution in [0.3, 0.4) is 0 Å². The lowest BCUT2D eigenvalue weighted by Gasteiger charge is -1.92. The summed E-state index contributed by atoms with van der Waals surface area (Å²) in [5.74, 6) is 1.34. The largest absolute Gasteiger partial charge is 0.452 e. The van der Waals surface area contributed by atoms with Crippen molar-refractivity contribution in [2.45, 2.75) is 0 Å². The first-order chi connectivity index (χ1) is 4.86. The fourth-order valence-electron chi connectivity index (χ4n) is 0.769. The smallest absolute Gasteiger partial charge is 0.260 e. The first-order valence-electron chi connectivity index (χ1n) is 2.77. The van der Waals surface area contributed by atoms with Crippen molar-refractivity contribution in [3.05, 3.63) is 15.8 Å². The molecule has 0 aliphatic carbocycles. The number of ether oxygens (including phenoxy) is 2. The van der Waals surface area contributed by atoms with E-state index in [2.05, 4.69) is 27.6 Å². The Morgan fingerprint density at radius 3 is 3.30 bits per heavy atom. The molecule has 2 rings (SSSR count). The molecule has 0 fully saturated rings. The summed E-state index contributed by atoms with van der Waals surface area (Å²) >= 11 is 2.18. The predicted octanol–water partition coefficient (Wildman–Crippen LogP) is 1.41. The van der Waals surface area contributed by atoms with Gasteiger partial charge < -0.3 is 9.47 Å². The maximum atomic E-state index is 5.09. The molecule has 52 valence electrons. The summed E-state index contributed by atoms with van der Waals surface area (Å²) in [7, 11) is 0. The molecule has 0 spiro atoms. The average molecular weight is 249 g/mol. The third-order valence-electron chi connectivity index (χ3n) is 1.19. The first kappa shape index (κ1) is 6.21. The van der Waals surface area contributed by atoms with Gasteiger partial charge in [-0.05, 0) is 22.6 Å². The Kier molecular flexibility index (Phi) is 1.40. The molecule has 10 heavy (non-hydrogen) atoms. The van der Waals surface area contributed by atoms with Crippen molar-refractivity contribution in [2.75, 3.05) is 6.79 Å². The van der Waals surface area contributed by atoms with Gasteiger partial charge in [0.05, 0.1) is 0 Å². The monoisotopic (exact) mass is 249 g/mol. The second-order valence-electron chi connectivity index (χ2n) is 1.86. The molecule has 0 saturated heterocycles. The van der Waals surface area contributed by atoms with E-state index >= 15 is 0 Å². The number of hydrogen-bond acceptors (Lipinski definition) is 3. The molecule has 1 aromatic rings. The van der Waals surface area contributed by atoms with Crippen LogP contribution in [-0.2, 0) is 0 Å². The summed E-state index contributed by atoms with van der Waals surface area (Å²) in [6, 6.07) is 1.90. The minimum atomic E-state index is 0.294. The minimum absolute atomic E-state index is 0.294. The van der Waals surface area contributed by atoms with Crippen molar-refractivity contribution in [3.63, 3.8) is 0 Å². The van der Waals surface area contributed by atoms with Gasteiger partial charge in [0.15, 0.2) is 5.75 Å². The maximum Gasteiger partial charge on any atom is 0.260 e. The first-order valence-corrected chi connectivity index (χ1v) is 3.85. The fourth-order valence-corrected chi connectivity index (χ4v) is 1.19. The summed E-state index contributed by atoms with van der Waals surface area (Å²) in [5.41, 5.74) is 0. The molecule has 0 amide bonds. The standard InChI is InChI=1S/C6H4INO2/c7-4-1-5-6(8-2-4)10-3-9-5/h1-2H,3H2. The Morgan fingerprint density at radius 2 is 2.40 bits per heavy atom. The van der Waals surface area contributed by atoms with Gasteiger partial charge >= 0.3 is 0 Å². The molecule has 0 bridgehead atoms. The van der Waals surface area contributed by atoms with E-state index in [-0.39, 0.29) is 0 Å². The molecular weight excluding hydrogens is 245 g/mol. The second-order valence-corrected chi connectivity index (χ2v) is 3.11. The zero-order valence-electron chi connectivity index (χ0n) is 5.00. The Balaban J connectivity index is 2.52. The number of hydrogen-bond donors (Lipinski definition) is 0. The predicted molar refractivity (Wildman–Crippen MR) is 43.1 cm³/mol. The number of rotatable bonds is 0. The van der Waals surface area contributed by atoms with Gasteiger partial charge in [0, 0.05) is 15.8 Å². The van der Waals surface area contributed by atoms with E-state index in [4.69, 9.17) is 9.47 Å². The van der Waals surface area contributed by atoms with Crippen molar-refractivity contribution in [1.29, 1.82) is 0 Å². The minimum Gasteiger partial charge on any atom is -0.452 e. The zero-order chi connectivity index (χ0) is 6.97. The molecule has 0 atom stereocenters. The normalized spacial score (nSPS) is 13.7. The van der Waals surface area contributed by atoms with Crippen LogP contribution in [0, 0.1) is 3.57 Å². The van der Waals surface area contributed by atoms with Gasteiger partial charge in [0.25, 0.3) is 5.88 Å². The summed E-state index contributed by atoms with van der Waals surface area (Å²) in [6.45, 7) is 0.294. The summed E-state index contributed by atoms with van der Waals surface area (Å²) in [6.07, 6.45) is 1.74. The Morgan fingerprint density at radius 1 is 1.50 bits per heavy atom. The quantitative estimate of drug-likeness (QED) is 0.651. The number of halogens is 1. The molecule has 0 aromatic carbocycles. The maximum absolute atomic E-state index is 5.09. The van der Waals surface area contributed by atoms with E-state index in [1.807, 2.05) is 6.07 Å². The molecule has 1 aliphatic rings. The number of pyridine rings is 1. The lowest BCUT2D eigenvalue weighted by atomic mass is 10.4. The van der Waals surface area contributed by atoms with Crippen LogP contribution in [0.4, 0.5) is 0 Å². The molecule has 0 saturated carbocycles. The van der Waals surface area contributed by atoms with Crippen molar-refractivity contribution < 1.29 is 9.47 Å². The van der Waals surface area contributed by atoms with Gasteiger partial charge in [-0.25, -0.2) is 4.98 Å². The summed E-state index contributed by atoms with van der Waals surface area (Å²) in [5, 5.41) is 0. The molecule has 0 radical (unpaired) electrons. The van der Waals surface area contributed by atoms with Gasteiger partial charge in [0.2, 0.25) is 6.79 Å². The van der Waals surface area contributed by atoms with Crippen molar-refractivity contribution >= 4 is 22.6 Å². The highest BCUT2D eigenvalue weighted by molar-refractivity contribution is 14.1. The van der Waals surface area contributed by atoms with E-state index in [1.165, 1.54) is 0 Å². The van der Waals surface area contributed by atoms with Crippen LogP contribution in [0.1, 0.15) is 0 Å². The van der Waals surface area contributed by atoms with Gasteiger partial charge in [-0.1, -0.05) is 0 Å². The van der Waals surface area contributed by atoms with Crippen molar-refractivity contribution in [1.82, 2.24) is 4.98 Å². The fraction of sp³-hybridized carbons (Fsp3) is 0.167. The van der Waals surface area contributed by atoms with Gasteiger partial charge in [-0.2, -0.15) is 0 Å². The molecule has 0 N–H and O–H groups in total. The van der Waals surface area contributed by atoms with Crippen LogP contribution in [0.2, 0.25) is 0 Å². The lowest BCUT2D eigenvalue weighted by molar-refractivity contribution is 0.171. The third-order valence-corrected chi connectivity index (χ3v) is 1.78. The molecule has 2 heterocycles. The van der Waals surface area contributed by atoms with Gasteiger partial charge in [0.1, 0.15) is 0 Å². The summed E-state index contributed by atoms with van der Waals surface area (Å²) in [4.78, 5) is 4.00. The molecule has 0 unspecified atom stereocenters. The Labute approximate surface area is 71.5 Å². The highest BCUT2D eigenvalue weighted by Crippen LogP contribution is 2.29. The van der Waals surface area contributed by atoms with Crippen LogP contribution in [-0.4, -0.2) is 11.8 Å². The van der Waals surface area contributed by atoms with Crippen LogP contribution < -0.4 is 9.47 Å². The average Bonchev–Trinajstić information content (AvgIpc) is 2.33. The van der Waals surface area contributed by atoms with E-state index in [9.17, 15) is 0 Å². The Bertz CT molecular complexity index is 264. The third kappa shape index (κ3) is 0.920. The number of fused-ring (bicyclic) bond motifs is 1.